The van der Waals surface area contributed by atoms with Crippen LogP contribution in [-0.2, 0) is 13.1 Å². The molecule has 2 heterocycles. The minimum absolute atomic E-state index is 0.186. The molecule has 1 amide bonds. The Morgan fingerprint density at radius 2 is 1.84 bits per heavy atom. The van der Waals surface area contributed by atoms with E-state index in [9.17, 15) is 4.79 Å². The lowest BCUT2D eigenvalue weighted by Gasteiger charge is -2.08. The van der Waals surface area contributed by atoms with Crippen molar-refractivity contribution in [3.8, 4) is 17.0 Å². The fraction of sp³-hybridized carbons (Fsp3) is 0.208. The monoisotopic (exact) mass is 415 g/mol. The Morgan fingerprint density at radius 1 is 1.10 bits per heavy atom. The number of nitrogens with zero attached hydrogens (tertiary/aromatic N) is 3. The minimum Gasteiger partial charge on any atom is -0.497 e. The molecule has 0 fully saturated rings. The van der Waals surface area contributed by atoms with Crippen molar-refractivity contribution in [2.45, 2.75) is 26.9 Å². The van der Waals surface area contributed by atoms with Crippen LogP contribution in [0, 0.1) is 13.8 Å². The molecule has 4 rings (SSSR count). The van der Waals surface area contributed by atoms with E-state index in [0.717, 1.165) is 28.3 Å². The molecule has 0 saturated heterocycles. The minimum atomic E-state index is -0.186. The van der Waals surface area contributed by atoms with Crippen LogP contribution < -0.4 is 10.1 Å². The van der Waals surface area contributed by atoms with Crippen LogP contribution in [0.4, 0.5) is 0 Å². The molecule has 0 aliphatic rings. The van der Waals surface area contributed by atoms with Crippen molar-refractivity contribution in [2.75, 3.05) is 7.11 Å². The maximum Gasteiger partial charge on any atom is 0.255 e. The van der Waals surface area contributed by atoms with Gasteiger partial charge in [0.1, 0.15) is 5.75 Å². The Morgan fingerprint density at radius 3 is 2.55 bits per heavy atom. The first kappa shape index (κ1) is 20.4. The topological polar surface area (TPSA) is 84.8 Å². The Labute approximate surface area is 181 Å². The molecule has 31 heavy (non-hydrogen) atoms. The zero-order valence-electron chi connectivity index (χ0n) is 17.8. The molecule has 0 radical (unpaired) electrons. The molecule has 158 valence electrons. The number of aromatic amines is 1. The van der Waals surface area contributed by atoms with E-state index in [0.29, 0.717) is 24.3 Å². The van der Waals surface area contributed by atoms with Gasteiger partial charge in [-0.3, -0.25) is 14.6 Å². The quantitative estimate of drug-likeness (QED) is 0.480. The maximum atomic E-state index is 12.9. The summed E-state index contributed by atoms with van der Waals surface area (Å²) in [5.74, 6) is 0.571. The summed E-state index contributed by atoms with van der Waals surface area (Å²) in [7, 11) is 1.62. The van der Waals surface area contributed by atoms with Gasteiger partial charge in [-0.15, -0.1) is 0 Å². The molecule has 7 heteroatoms. The molecule has 7 nitrogen and oxygen atoms in total. The van der Waals surface area contributed by atoms with Gasteiger partial charge in [-0.2, -0.15) is 10.2 Å². The van der Waals surface area contributed by atoms with E-state index in [-0.39, 0.29) is 5.91 Å². The standard InChI is InChI=1S/C24H25N5O2/c1-16-21(17(2)29(28-16)15-18-7-5-4-6-8-18)13-25-24(30)22-14-26-27-23(22)19-9-11-20(31-3)12-10-19/h4-12,14H,13,15H2,1-3H3,(H,25,30)(H,26,27). The molecule has 0 atom stereocenters. The summed E-state index contributed by atoms with van der Waals surface area (Å²) in [5.41, 5.74) is 6.21. The summed E-state index contributed by atoms with van der Waals surface area (Å²) < 4.78 is 7.18. The number of H-pyrrole nitrogens is 1. The Hall–Kier alpha value is -3.87. The molecular formula is C24H25N5O2. The van der Waals surface area contributed by atoms with Gasteiger partial charge in [0, 0.05) is 23.4 Å². The van der Waals surface area contributed by atoms with Crippen LogP contribution in [0.2, 0.25) is 0 Å². The van der Waals surface area contributed by atoms with Crippen LogP contribution in [0.1, 0.15) is 32.9 Å². The number of hydrogen-bond acceptors (Lipinski definition) is 4. The van der Waals surface area contributed by atoms with Gasteiger partial charge in [-0.1, -0.05) is 30.3 Å². The summed E-state index contributed by atoms with van der Waals surface area (Å²) in [6.45, 7) is 5.10. The lowest BCUT2D eigenvalue weighted by atomic mass is 10.1. The summed E-state index contributed by atoms with van der Waals surface area (Å²) in [6.07, 6.45) is 1.55. The van der Waals surface area contributed by atoms with Crippen molar-refractivity contribution < 1.29 is 9.53 Å². The molecule has 2 aromatic carbocycles. The number of rotatable bonds is 7. The van der Waals surface area contributed by atoms with E-state index in [1.807, 2.05) is 61.0 Å². The predicted molar refractivity (Wildman–Crippen MR) is 119 cm³/mol. The highest BCUT2D eigenvalue weighted by Gasteiger charge is 2.17. The van der Waals surface area contributed by atoms with Crippen molar-refractivity contribution in [1.29, 1.82) is 0 Å². The Bertz CT molecular complexity index is 1180. The second-order valence-electron chi connectivity index (χ2n) is 7.36. The highest BCUT2D eigenvalue weighted by Crippen LogP contribution is 2.24. The van der Waals surface area contributed by atoms with E-state index in [1.54, 1.807) is 13.3 Å². The van der Waals surface area contributed by atoms with E-state index >= 15 is 0 Å². The fourth-order valence-corrected chi connectivity index (χ4v) is 3.60. The molecule has 0 saturated carbocycles. The van der Waals surface area contributed by atoms with Gasteiger partial charge in [0.05, 0.1) is 36.8 Å². The van der Waals surface area contributed by atoms with Gasteiger partial charge < -0.3 is 10.1 Å². The maximum absolute atomic E-state index is 12.9. The molecule has 0 aliphatic heterocycles. The lowest BCUT2D eigenvalue weighted by molar-refractivity contribution is 0.0951. The van der Waals surface area contributed by atoms with Crippen LogP contribution in [0.3, 0.4) is 0 Å². The van der Waals surface area contributed by atoms with Crippen LogP contribution >= 0.6 is 0 Å². The van der Waals surface area contributed by atoms with Gasteiger partial charge in [-0.05, 0) is 43.7 Å². The third-order valence-corrected chi connectivity index (χ3v) is 5.39. The molecule has 4 aromatic rings. The average molecular weight is 415 g/mol. The van der Waals surface area contributed by atoms with Gasteiger partial charge in [0.2, 0.25) is 0 Å². The SMILES string of the molecule is COc1ccc(-c2[nH]ncc2C(=O)NCc2c(C)nn(Cc3ccccc3)c2C)cc1. The van der Waals surface area contributed by atoms with Crippen molar-refractivity contribution >= 4 is 5.91 Å². The number of aryl methyl sites for hydroxylation is 1. The normalized spacial score (nSPS) is 10.8. The summed E-state index contributed by atoms with van der Waals surface area (Å²) in [5, 5.41) is 14.7. The third-order valence-electron chi connectivity index (χ3n) is 5.39. The molecule has 0 bridgehead atoms. The van der Waals surface area contributed by atoms with Gasteiger partial charge in [0.25, 0.3) is 5.91 Å². The number of nitrogens with one attached hydrogen (secondary N) is 2. The highest BCUT2D eigenvalue weighted by atomic mass is 16.5. The number of benzene rings is 2. The molecule has 2 aromatic heterocycles. The average Bonchev–Trinajstić information content (AvgIpc) is 3.38. The Balaban J connectivity index is 1.48. The number of methoxy groups -OCH3 is 1. The number of carbonyl (C=O) groups is 1. The van der Waals surface area contributed by atoms with Gasteiger partial charge in [-0.25, -0.2) is 0 Å². The number of aromatic nitrogens is 4. The zero-order valence-corrected chi connectivity index (χ0v) is 17.8. The predicted octanol–water partition coefficient (Wildman–Crippen LogP) is 3.88. The van der Waals surface area contributed by atoms with Crippen molar-refractivity contribution in [1.82, 2.24) is 25.3 Å². The lowest BCUT2D eigenvalue weighted by Crippen LogP contribution is -2.23. The number of carbonyl (C=O) groups excluding carboxylic acids is 1. The zero-order chi connectivity index (χ0) is 21.8. The van der Waals surface area contributed by atoms with E-state index in [1.165, 1.54) is 5.56 Å². The number of hydrogen-bond donors (Lipinski definition) is 2. The van der Waals surface area contributed by atoms with Gasteiger partial charge in [0.15, 0.2) is 0 Å². The van der Waals surface area contributed by atoms with Crippen molar-refractivity contribution in [3.05, 3.63) is 88.9 Å². The van der Waals surface area contributed by atoms with E-state index < -0.39 is 0 Å². The molecule has 0 spiro atoms. The van der Waals surface area contributed by atoms with Crippen LogP contribution in [0.15, 0.2) is 60.8 Å². The summed E-state index contributed by atoms with van der Waals surface area (Å²) in [4.78, 5) is 12.9. The van der Waals surface area contributed by atoms with Crippen LogP contribution in [0.5, 0.6) is 5.75 Å². The summed E-state index contributed by atoms with van der Waals surface area (Å²) >= 11 is 0. The van der Waals surface area contributed by atoms with E-state index in [2.05, 4.69) is 32.7 Å². The third kappa shape index (κ3) is 4.35. The summed E-state index contributed by atoms with van der Waals surface area (Å²) in [6, 6.07) is 17.7. The van der Waals surface area contributed by atoms with Crippen LogP contribution in [0.25, 0.3) is 11.3 Å². The number of amides is 1. The number of ether oxygens (including phenoxy) is 1. The second kappa shape index (κ2) is 8.87. The van der Waals surface area contributed by atoms with E-state index in [4.69, 9.17) is 4.74 Å². The van der Waals surface area contributed by atoms with Crippen LogP contribution in [-0.4, -0.2) is 33.0 Å². The first-order valence-corrected chi connectivity index (χ1v) is 10.1. The molecule has 0 aliphatic carbocycles. The first-order valence-electron chi connectivity index (χ1n) is 10.1. The van der Waals surface area contributed by atoms with Crippen molar-refractivity contribution in [2.24, 2.45) is 0 Å². The smallest absolute Gasteiger partial charge is 0.255 e. The molecule has 0 unspecified atom stereocenters. The van der Waals surface area contributed by atoms with Crippen molar-refractivity contribution in [3.63, 3.8) is 0 Å². The van der Waals surface area contributed by atoms with Gasteiger partial charge >= 0.3 is 0 Å². The highest BCUT2D eigenvalue weighted by molar-refractivity contribution is 5.99. The first-order chi connectivity index (χ1) is 15.1. The Kier molecular flexibility index (Phi) is 5.84. The second-order valence-corrected chi connectivity index (χ2v) is 7.36. The molecule has 2 N–H and O–H groups in total. The fourth-order valence-electron chi connectivity index (χ4n) is 3.60. The molecular weight excluding hydrogens is 390 g/mol. The largest absolute Gasteiger partial charge is 0.497 e.